The highest BCUT2D eigenvalue weighted by Crippen LogP contribution is 2.41. The number of aliphatic hydroxyl groups excluding tert-OH is 1. The third kappa shape index (κ3) is 4.22. The van der Waals surface area contributed by atoms with Crippen LogP contribution >= 0.6 is 0 Å². The fourth-order valence-electron chi connectivity index (χ4n) is 4.80. The number of aliphatic hydroxyl groups is 1. The molecule has 1 saturated heterocycles. The number of benzene rings is 1. The molecule has 0 spiro atoms. The Morgan fingerprint density at radius 1 is 1.16 bits per heavy atom. The first-order valence-corrected chi connectivity index (χ1v) is 10.4. The second kappa shape index (κ2) is 9.23. The lowest BCUT2D eigenvalue weighted by atomic mass is 9.77. The fraction of sp³-hybridized carbons (Fsp3) is 0.364. The van der Waals surface area contributed by atoms with Gasteiger partial charge in [-0.15, -0.1) is 0 Å². The molecule has 5 rings (SSSR count). The lowest BCUT2D eigenvalue weighted by Crippen LogP contribution is -2.35. The van der Waals surface area contributed by atoms with E-state index in [0.717, 1.165) is 6.42 Å². The number of aromatic amines is 1. The van der Waals surface area contributed by atoms with Crippen molar-refractivity contribution in [1.29, 1.82) is 0 Å². The standard InChI is InChI=1S/C21H23N5O3.CH2O2/c27-19-9-15-12-25(11-14(15)8-18(19)24-7-6-22-13-24)21(29)17-10-20(28)26(23-17)16-4-2-1-3-5-16;2-1-3/h1-7,10,13-15,18-19,23,27H,8-9,11-12H2;1H,(H,2,3)/t14-,15+,18-,19-;/m1./s1. The molecule has 3 heterocycles. The van der Waals surface area contributed by atoms with Crippen molar-refractivity contribution in [1.82, 2.24) is 24.2 Å². The van der Waals surface area contributed by atoms with E-state index in [1.54, 1.807) is 17.4 Å². The maximum Gasteiger partial charge on any atom is 0.290 e. The first kappa shape index (κ1) is 21.6. The summed E-state index contributed by atoms with van der Waals surface area (Å²) in [5.41, 5.74) is 0.730. The first-order valence-electron chi connectivity index (χ1n) is 10.4. The molecule has 10 nitrogen and oxygen atoms in total. The molecule has 0 radical (unpaired) electrons. The summed E-state index contributed by atoms with van der Waals surface area (Å²) in [7, 11) is 0. The molecule has 2 aliphatic rings. The predicted octanol–water partition coefficient (Wildman–Crippen LogP) is 1.15. The maximum absolute atomic E-state index is 13.0. The molecule has 3 N–H and O–H groups in total. The Morgan fingerprint density at radius 3 is 2.50 bits per heavy atom. The van der Waals surface area contributed by atoms with Crippen LogP contribution < -0.4 is 5.56 Å². The number of nitrogens with zero attached hydrogens (tertiary/aromatic N) is 4. The van der Waals surface area contributed by atoms with Crippen LogP contribution in [0.4, 0.5) is 0 Å². The van der Waals surface area contributed by atoms with Gasteiger partial charge in [0.05, 0.1) is 24.2 Å². The molecule has 1 amide bonds. The summed E-state index contributed by atoms with van der Waals surface area (Å²) in [5, 5.41) is 20.4. The maximum atomic E-state index is 13.0. The van der Waals surface area contributed by atoms with Gasteiger partial charge in [-0.3, -0.25) is 19.5 Å². The molecule has 4 atom stereocenters. The van der Waals surface area contributed by atoms with Crippen LogP contribution in [-0.4, -0.2) is 66.0 Å². The quantitative estimate of drug-likeness (QED) is 0.524. The zero-order valence-corrected chi connectivity index (χ0v) is 17.3. The first-order chi connectivity index (χ1) is 15.5. The number of rotatable bonds is 3. The summed E-state index contributed by atoms with van der Waals surface area (Å²) in [4.78, 5) is 39.6. The topological polar surface area (TPSA) is 133 Å². The van der Waals surface area contributed by atoms with E-state index in [1.165, 1.54) is 10.7 Å². The normalized spacial score (nSPS) is 24.3. The summed E-state index contributed by atoms with van der Waals surface area (Å²) < 4.78 is 3.35. The van der Waals surface area contributed by atoms with Crippen LogP contribution in [0.25, 0.3) is 5.69 Å². The van der Waals surface area contributed by atoms with E-state index < -0.39 is 6.10 Å². The molecule has 0 unspecified atom stereocenters. The minimum absolute atomic E-state index is 0.00669. The number of fused-ring (bicyclic) bond motifs is 1. The molecule has 1 aromatic carbocycles. The number of carbonyl (C=O) groups excluding carboxylic acids is 1. The van der Waals surface area contributed by atoms with Gasteiger partial charge in [0.1, 0.15) is 5.69 Å². The Labute approximate surface area is 183 Å². The molecule has 2 fully saturated rings. The van der Waals surface area contributed by atoms with E-state index in [4.69, 9.17) is 9.90 Å². The molecule has 3 aromatic rings. The van der Waals surface area contributed by atoms with E-state index in [9.17, 15) is 14.7 Å². The highest BCUT2D eigenvalue weighted by atomic mass is 16.3. The van der Waals surface area contributed by atoms with E-state index in [1.807, 2.05) is 41.1 Å². The number of imidazole rings is 1. The van der Waals surface area contributed by atoms with Gasteiger partial charge in [-0.2, -0.15) is 0 Å². The number of likely N-dealkylation sites (tertiary alicyclic amines) is 1. The van der Waals surface area contributed by atoms with Crippen molar-refractivity contribution in [2.75, 3.05) is 13.1 Å². The third-order valence-corrected chi connectivity index (χ3v) is 6.27. The Bertz CT molecular complexity index is 1110. The van der Waals surface area contributed by atoms with E-state index in [-0.39, 0.29) is 29.9 Å². The lowest BCUT2D eigenvalue weighted by molar-refractivity contribution is -0.122. The largest absolute Gasteiger partial charge is 0.483 e. The third-order valence-electron chi connectivity index (χ3n) is 6.27. The van der Waals surface area contributed by atoms with Crippen LogP contribution in [0.1, 0.15) is 29.4 Å². The minimum Gasteiger partial charge on any atom is -0.483 e. The highest BCUT2D eigenvalue weighted by Gasteiger charge is 2.43. The van der Waals surface area contributed by atoms with Crippen LogP contribution in [-0.2, 0) is 4.79 Å². The molecule has 1 saturated carbocycles. The van der Waals surface area contributed by atoms with Gasteiger partial charge in [-0.1, -0.05) is 18.2 Å². The molecule has 10 heteroatoms. The lowest BCUT2D eigenvalue weighted by Gasteiger charge is -2.35. The number of carboxylic acid groups (broad SMARTS) is 1. The zero-order valence-electron chi connectivity index (χ0n) is 17.3. The van der Waals surface area contributed by atoms with Gasteiger partial charge in [-0.25, -0.2) is 9.67 Å². The SMILES string of the molecule is O=C(c1cc(=O)n(-c2ccccc2)[nH]1)N1C[C@H]2C[C@@H](n3ccnc3)[C@H](O)C[C@H]2C1.O=CO. The van der Waals surface area contributed by atoms with Gasteiger partial charge < -0.3 is 19.7 Å². The van der Waals surface area contributed by atoms with Gasteiger partial charge in [0.15, 0.2) is 0 Å². The Balaban J connectivity index is 0.000000775. The minimum atomic E-state index is -0.445. The van der Waals surface area contributed by atoms with Crippen LogP contribution in [0, 0.1) is 11.8 Å². The van der Waals surface area contributed by atoms with Gasteiger partial charge in [-0.05, 0) is 36.8 Å². The van der Waals surface area contributed by atoms with Crippen molar-refractivity contribution >= 4 is 12.4 Å². The summed E-state index contributed by atoms with van der Waals surface area (Å²) in [6.07, 6.45) is 6.37. The van der Waals surface area contributed by atoms with Crippen LogP contribution in [0.3, 0.4) is 0 Å². The molecular weight excluding hydrogens is 414 g/mol. The highest BCUT2D eigenvalue weighted by molar-refractivity contribution is 5.92. The summed E-state index contributed by atoms with van der Waals surface area (Å²) >= 11 is 0. The molecule has 1 aliphatic heterocycles. The molecular formula is C22H25N5O5. The number of aromatic nitrogens is 4. The summed E-state index contributed by atoms with van der Waals surface area (Å²) in [6, 6.07) is 10.5. The Morgan fingerprint density at radius 2 is 1.84 bits per heavy atom. The number of amides is 1. The van der Waals surface area contributed by atoms with Crippen LogP contribution in [0.2, 0.25) is 0 Å². The van der Waals surface area contributed by atoms with Crippen molar-refractivity contribution in [3.8, 4) is 5.69 Å². The summed E-state index contributed by atoms with van der Waals surface area (Å²) in [5.74, 6) is 0.439. The van der Waals surface area contributed by atoms with Crippen LogP contribution in [0.5, 0.6) is 0 Å². The second-order valence-electron chi connectivity index (χ2n) is 8.13. The number of para-hydroxylation sites is 1. The van der Waals surface area contributed by atoms with Gasteiger partial charge >= 0.3 is 0 Å². The van der Waals surface area contributed by atoms with Crippen molar-refractivity contribution in [3.63, 3.8) is 0 Å². The number of H-pyrrole nitrogens is 1. The monoisotopic (exact) mass is 439 g/mol. The predicted molar refractivity (Wildman–Crippen MR) is 114 cm³/mol. The van der Waals surface area contributed by atoms with E-state index in [0.29, 0.717) is 36.8 Å². The summed E-state index contributed by atoms with van der Waals surface area (Å²) in [6.45, 7) is 0.996. The van der Waals surface area contributed by atoms with Crippen molar-refractivity contribution in [3.05, 3.63) is 71.2 Å². The Kier molecular flexibility index (Phi) is 6.22. The van der Waals surface area contributed by atoms with E-state index in [2.05, 4.69) is 10.1 Å². The zero-order chi connectivity index (χ0) is 22.7. The van der Waals surface area contributed by atoms with Crippen molar-refractivity contribution in [2.45, 2.75) is 25.0 Å². The van der Waals surface area contributed by atoms with Crippen molar-refractivity contribution in [2.24, 2.45) is 11.8 Å². The smallest absolute Gasteiger partial charge is 0.290 e. The second-order valence-corrected chi connectivity index (χ2v) is 8.13. The number of hydrogen-bond acceptors (Lipinski definition) is 5. The van der Waals surface area contributed by atoms with E-state index >= 15 is 0 Å². The molecule has 0 bridgehead atoms. The average molecular weight is 439 g/mol. The molecule has 32 heavy (non-hydrogen) atoms. The van der Waals surface area contributed by atoms with Crippen LogP contribution in [0.15, 0.2) is 59.9 Å². The number of hydrogen-bond donors (Lipinski definition) is 3. The van der Waals surface area contributed by atoms with Gasteiger partial charge in [0.2, 0.25) is 0 Å². The average Bonchev–Trinajstić information content (AvgIpc) is 3.53. The number of nitrogens with one attached hydrogen (secondary N) is 1. The van der Waals surface area contributed by atoms with Gasteiger partial charge in [0.25, 0.3) is 17.9 Å². The molecule has 168 valence electrons. The van der Waals surface area contributed by atoms with Gasteiger partial charge in [0, 0.05) is 31.5 Å². The molecule has 1 aliphatic carbocycles. The van der Waals surface area contributed by atoms with Crippen molar-refractivity contribution < 1.29 is 19.8 Å². The Hall–Kier alpha value is -3.66. The molecule has 2 aromatic heterocycles. The number of carbonyl (C=O) groups is 2. The fourth-order valence-corrected chi connectivity index (χ4v) is 4.80.